The fourth-order valence-corrected chi connectivity index (χ4v) is 4.05. The Morgan fingerprint density at radius 1 is 1.00 bits per heavy atom. The summed E-state index contributed by atoms with van der Waals surface area (Å²) in [6, 6.07) is 25.9. The molecule has 3 aromatic carbocycles. The number of nitrogens with zero attached hydrogens (tertiary/aromatic N) is 1. The van der Waals surface area contributed by atoms with Gasteiger partial charge in [-0.25, -0.2) is 0 Å². The summed E-state index contributed by atoms with van der Waals surface area (Å²) in [6.45, 7) is 3.54. The predicted molar refractivity (Wildman–Crippen MR) is 119 cm³/mol. The first kappa shape index (κ1) is 19.9. The Kier molecular flexibility index (Phi) is 5.94. The van der Waals surface area contributed by atoms with Gasteiger partial charge in [-0.15, -0.1) is 0 Å². The Hall–Kier alpha value is -3.40. The summed E-state index contributed by atoms with van der Waals surface area (Å²) in [5, 5.41) is 2.97. The molecule has 0 spiro atoms. The zero-order chi connectivity index (χ0) is 20.9. The van der Waals surface area contributed by atoms with E-state index in [0.29, 0.717) is 31.6 Å². The largest absolute Gasteiger partial charge is 0.354 e. The van der Waals surface area contributed by atoms with E-state index in [1.54, 1.807) is 4.90 Å². The van der Waals surface area contributed by atoms with E-state index in [1.807, 2.05) is 48.5 Å². The van der Waals surface area contributed by atoms with E-state index < -0.39 is 0 Å². The van der Waals surface area contributed by atoms with Crippen LogP contribution in [0.25, 0.3) is 11.1 Å². The fraction of sp³-hybridized carbons (Fsp3) is 0.231. The van der Waals surface area contributed by atoms with E-state index in [1.165, 1.54) is 11.1 Å². The molecule has 2 amide bonds. The number of hydrogen-bond donors (Lipinski definition) is 1. The molecule has 4 rings (SSSR count). The quantitative estimate of drug-likeness (QED) is 0.720. The van der Waals surface area contributed by atoms with Gasteiger partial charge in [0.25, 0.3) is 5.91 Å². The van der Waals surface area contributed by atoms with Crippen LogP contribution in [-0.2, 0) is 11.2 Å². The van der Waals surface area contributed by atoms with E-state index in [-0.39, 0.29) is 17.7 Å². The van der Waals surface area contributed by atoms with Crippen LogP contribution < -0.4 is 5.32 Å². The summed E-state index contributed by atoms with van der Waals surface area (Å²) in [5.74, 6) is -0.280. The molecule has 1 fully saturated rings. The van der Waals surface area contributed by atoms with Crippen LogP contribution in [0, 0.1) is 12.8 Å². The number of amides is 2. The van der Waals surface area contributed by atoms with Crippen molar-refractivity contribution in [3.63, 3.8) is 0 Å². The highest BCUT2D eigenvalue weighted by atomic mass is 16.2. The summed E-state index contributed by atoms with van der Waals surface area (Å²) in [7, 11) is 0. The van der Waals surface area contributed by atoms with E-state index >= 15 is 0 Å². The minimum absolute atomic E-state index is 0.0136. The topological polar surface area (TPSA) is 49.4 Å². The van der Waals surface area contributed by atoms with Gasteiger partial charge < -0.3 is 10.2 Å². The second-order valence-electron chi connectivity index (χ2n) is 7.82. The van der Waals surface area contributed by atoms with Crippen LogP contribution in [-0.4, -0.2) is 36.3 Å². The van der Waals surface area contributed by atoms with Crippen LogP contribution in [0.2, 0.25) is 0 Å². The molecule has 1 N–H and O–H groups in total. The monoisotopic (exact) mass is 398 g/mol. The van der Waals surface area contributed by atoms with Gasteiger partial charge in [0.1, 0.15) is 0 Å². The molecule has 0 saturated carbocycles. The summed E-state index contributed by atoms with van der Waals surface area (Å²) in [6.07, 6.45) is 0.601. The Balaban J connectivity index is 1.54. The normalized spacial score (nSPS) is 16.6. The Bertz CT molecular complexity index is 1050. The maximum absolute atomic E-state index is 12.9. The van der Waals surface area contributed by atoms with Gasteiger partial charge in [0.2, 0.25) is 5.91 Å². The van der Waals surface area contributed by atoms with Gasteiger partial charge in [0, 0.05) is 25.2 Å². The van der Waals surface area contributed by atoms with E-state index in [2.05, 4.69) is 42.6 Å². The van der Waals surface area contributed by atoms with Crippen molar-refractivity contribution >= 4 is 11.8 Å². The highest BCUT2D eigenvalue weighted by molar-refractivity contribution is 5.94. The van der Waals surface area contributed by atoms with Gasteiger partial charge >= 0.3 is 0 Å². The minimum Gasteiger partial charge on any atom is -0.354 e. The lowest BCUT2D eigenvalue weighted by Crippen LogP contribution is -2.37. The standard InChI is InChI=1S/C26H26N2O2/c1-19-8-5-6-13-24(19)22-12-7-9-20(16-22)17-23-18-28(15-14-27-25(23)29)26(30)21-10-3-2-4-11-21/h2-13,16,23H,14-15,17-18H2,1H3,(H,27,29)/t23-/m0/s1. The molecule has 0 aliphatic carbocycles. The SMILES string of the molecule is Cc1ccccc1-c1cccc(C[C@H]2CN(C(=O)c3ccccc3)CCNC2=O)c1. The Morgan fingerprint density at radius 3 is 2.57 bits per heavy atom. The van der Waals surface area contributed by atoms with Crippen molar-refractivity contribution in [2.45, 2.75) is 13.3 Å². The number of nitrogens with one attached hydrogen (secondary N) is 1. The van der Waals surface area contributed by atoms with Crippen LogP contribution in [0.4, 0.5) is 0 Å². The molecule has 1 aliphatic rings. The number of carbonyl (C=O) groups excluding carboxylic acids is 2. The highest BCUT2D eigenvalue weighted by Gasteiger charge is 2.28. The zero-order valence-electron chi connectivity index (χ0n) is 17.2. The number of hydrogen-bond acceptors (Lipinski definition) is 2. The van der Waals surface area contributed by atoms with Crippen molar-refractivity contribution in [1.82, 2.24) is 10.2 Å². The van der Waals surface area contributed by atoms with Crippen LogP contribution in [0.15, 0.2) is 78.9 Å². The minimum atomic E-state index is -0.271. The molecule has 4 heteroatoms. The van der Waals surface area contributed by atoms with Crippen LogP contribution in [0.1, 0.15) is 21.5 Å². The molecular weight excluding hydrogens is 372 g/mol. The van der Waals surface area contributed by atoms with Crippen LogP contribution in [0.5, 0.6) is 0 Å². The average Bonchev–Trinajstić information content (AvgIpc) is 2.96. The highest BCUT2D eigenvalue weighted by Crippen LogP contribution is 2.25. The first-order chi connectivity index (χ1) is 14.6. The lowest BCUT2D eigenvalue weighted by molar-refractivity contribution is -0.124. The maximum atomic E-state index is 12.9. The summed E-state index contributed by atoms with van der Waals surface area (Å²) < 4.78 is 0. The van der Waals surface area contributed by atoms with Crippen molar-refractivity contribution in [3.05, 3.63) is 95.6 Å². The number of aryl methyl sites for hydroxylation is 1. The number of benzene rings is 3. The third-order valence-corrected chi connectivity index (χ3v) is 5.67. The average molecular weight is 399 g/mol. The summed E-state index contributed by atoms with van der Waals surface area (Å²) in [5.41, 5.74) is 5.33. The smallest absolute Gasteiger partial charge is 0.253 e. The molecule has 0 aromatic heterocycles. The molecule has 1 heterocycles. The van der Waals surface area contributed by atoms with E-state index in [0.717, 1.165) is 11.1 Å². The molecule has 1 saturated heterocycles. The lowest BCUT2D eigenvalue weighted by Gasteiger charge is -2.23. The lowest BCUT2D eigenvalue weighted by atomic mass is 9.94. The molecule has 152 valence electrons. The third-order valence-electron chi connectivity index (χ3n) is 5.67. The van der Waals surface area contributed by atoms with Crippen molar-refractivity contribution in [3.8, 4) is 11.1 Å². The molecule has 1 aliphatic heterocycles. The van der Waals surface area contributed by atoms with Gasteiger partial charge in [-0.05, 0) is 47.7 Å². The zero-order valence-corrected chi connectivity index (χ0v) is 17.2. The predicted octanol–water partition coefficient (Wildman–Crippen LogP) is 4.09. The second-order valence-corrected chi connectivity index (χ2v) is 7.82. The molecule has 0 radical (unpaired) electrons. The second kappa shape index (κ2) is 8.95. The maximum Gasteiger partial charge on any atom is 0.253 e. The van der Waals surface area contributed by atoms with Crippen LogP contribution >= 0.6 is 0 Å². The molecule has 0 unspecified atom stereocenters. The molecule has 30 heavy (non-hydrogen) atoms. The van der Waals surface area contributed by atoms with Crippen molar-refractivity contribution in [2.75, 3.05) is 19.6 Å². The summed E-state index contributed by atoms with van der Waals surface area (Å²) >= 11 is 0. The molecule has 3 aromatic rings. The molecule has 0 bridgehead atoms. The van der Waals surface area contributed by atoms with E-state index in [9.17, 15) is 9.59 Å². The molecular formula is C26H26N2O2. The first-order valence-corrected chi connectivity index (χ1v) is 10.4. The molecule has 4 nitrogen and oxygen atoms in total. The van der Waals surface area contributed by atoms with Gasteiger partial charge in [-0.3, -0.25) is 9.59 Å². The number of rotatable bonds is 4. The molecule has 1 atom stereocenters. The van der Waals surface area contributed by atoms with Gasteiger partial charge in [0.05, 0.1) is 5.92 Å². The van der Waals surface area contributed by atoms with Crippen molar-refractivity contribution in [1.29, 1.82) is 0 Å². The van der Waals surface area contributed by atoms with Gasteiger partial charge in [0.15, 0.2) is 0 Å². The van der Waals surface area contributed by atoms with Crippen molar-refractivity contribution in [2.24, 2.45) is 5.92 Å². The first-order valence-electron chi connectivity index (χ1n) is 10.4. The Morgan fingerprint density at radius 2 is 1.77 bits per heavy atom. The summed E-state index contributed by atoms with van der Waals surface area (Å²) in [4.78, 5) is 27.4. The van der Waals surface area contributed by atoms with Gasteiger partial charge in [-0.2, -0.15) is 0 Å². The van der Waals surface area contributed by atoms with E-state index in [4.69, 9.17) is 0 Å². The third kappa shape index (κ3) is 4.43. The van der Waals surface area contributed by atoms with Crippen LogP contribution in [0.3, 0.4) is 0 Å². The number of carbonyl (C=O) groups is 2. The fourth-order valence-electron chi connectivity index (χ4n) is 4.05. The Labute approximate surface area is 177 Å². The van der Waals surface area contributed by atoms with Gasteiger partial charge in [-0.1, -0.05) is 66.7 Å². The van der Waals surface area contributed by atoms with Crippen molar-refractivity contribution < 1.29 is 9.59 Å².